The third-order valence-electron chi connectivity index (χ3n) is 3.43. The Morgan fingerprint density at radius 3 is 2.88 bits per heavy atom. The highest BCUT2D eigenvalue weighted by molar-refractivity contribution is 5.97. The van der Waals surface area contributed by atoms with E-state index in [1.54, 1.807) is 4.68 Å². The number of anilines is 1. The van der Waals surface area contributed by atoms with Gasteiger partial charge < -0.3 is 5.32 Å². The topological polar surface area (TPSA) is 50.2 Å². The normalized spacial score (nSPS) is 25.4. The van der Waals surface area contributed by atoms with Gasteiger partial charge in [0.05, 0.1) is 6.04 Å². The molecule has 2 fully saturated rings. The summed E-state index contributed by atoms with van der Waals surface area (Å²) in [6.07, 6.45) is 6.31. The molecular formula is C12H18N4O. The zero-order chi connectivity index (χ0) is 11.8. The van der Waals surface area contributed by atoms with Crippen LogP contribution in [0.3, 0.4) is 0 Å². The minimum Gasteiger partial charge on any atom is -0.303 e. The molecule has 0 spiro atoms. The van der Waals surface area contributed by atoms with E-state index in [9.17, 15) is 4.79 Å². The number of carbonyl (C=O) groups is 1. The molecule has 1 unspecified atom stereocenters. The zero-order valence-corrected chi connectivity index (χ0v) is 10.1. The summed E-state index contributed by atoms with van der Waals surface area (Å²) in [6, 6.07) is 2.48. The van der Waals surface area contributed by atoms with Crippen LogP contribution in [-0.2, 0) is 11.8 Å². The van der Waals surface area contributed by atoms with Crippen molar-refractivity contribution >= 4 is 11.7 Å². The molecule has 5 heteroatoms. The molecule has 1 amide bonds. The average Bonchev–Trinajstić information content (AvgIpc) is 3.02. The minimum atomic E-state index is -0.00161. The number of rotatable bonds is 3. The van der Waals surface area contributed by atoms with E-state index >= 15 is 0 Å². The van der Waals surface area contributed by atoms with E-state index in [0.29, 0.717) is 6.04 Å². The fourth-order valence-corrected chi connectivity index (χ4v) is 2.34. The van der Waals surface area contributed by atoms with Crippen molar-refractivity contribution in [2.75, 3.05) is 11.4 Å². The Morgan fingerprint density at radius 1 is 1.41 bits per heavy atom. The van der Waals surface area contributed by atoms with Gasteiger partial charge in [0.2, 0.25) is 5.91 Å². The Labute approximate surface area is 101 Å². The van der Waals surface area contributed by atoms with Crippen LogP contribution >= 0.6 is 0 Å². The Morgan fingerprint density at radius 2 is 2.24 bits per heavy atom. The van der Waals surface area contributed by atoms with Crippen molar-refractivity contribution < 1.29 is 4.79 Å². The molecule has 0 radical (unpaired) electrons. The number of nitrogens with zero attached hydrogens (tertiary/aromatic N) is 3. The molecular weight excluding hydrogens is 216 g/mol. The maximum atomic E-state index is 12.3. The van der Waals surface area contributed by atoms with Crippen LogP contribution in [0, 0.1) is 0 Å². The number of nitrogens with one attached hydrogen (secondary N) is 1. The van der Waals surface area contributed by atoms with Crippen molar-refractivity contribution in [1.82, 2.24) is 15.1 Å². The van der Waals surface area contributed by atoms with Gasteiger partial charge in [-0.3, -0.25) is 14.4 Å². The number of aryl methyl sites for hydroxylation is 1. The predicted molar refractivity (Wildman–Crippen MR) is 64.7 cm³/mol. The first-order valence-corrected chi connectivity index (χ1v) is 6.31. The highest BCUT2D eigenvalue weighted by atomic mass is 16.2. The van der Waals surface area contributed by atoms with Gasteiger partial charge in [0.25, 0.3) is 0 Å². The fourth-order valence-electron chi connectivity index (χ4n) is 2.34. The number of carbonyl (C=O) groups excluding carboxylic acids is 1. The molecule has 2 heterocycles. The van der Waals surface area contributed by atoms with Gasteiger partial charge in [-0.05, 0) is 25.7 Å². The van der Waals surface area contributed by atoms with Crippen molar-refractivity contribution in [3.63, 3.8) is 0 Å². The molecule has 0 bridgehead atoms. The molecule has 1 saturated heterocycles. The van der Waals surface area contributed by atoms with Gasteiger partial charge in [-0.25, -0.2) is 0 Å². The number of hydrogen-bond donors (Lipinski definition) is 1. The highest BCUT2D eigenvalue weighted by Crippen LogP contribution is 2.24. The van der Waals surface area contributed by atoms with Gasteiger partial charge in [0, 0.05) is 31.9 Å². The second-order valence-corrected chi connectivity index (χ2v) is 4.97. The molecule has 1 aliphatic carbocycles. The molecule has 1 atom stereocenters. The summed E-state index contributed by atoms with van der Waals surface area (Å²) in [5, 5.41) is 7.73. The summed E-state index contributed by atoms with van der Waals surface area (Å²) in [6.45, 7) is 0.790. The van der Waals surface area contributed by atoms with E-state index < -0.39 is 0 Å². The number of amides is 1. The Balaban J connectivity index is 1.73. The van der Waals surface area contributed by atoms with Gasteiger partial charge >= 0.3 is 0 Å². The molecule has 2 aliphatic rings. The number of piperidine rings is 1. The molecule has 1 N–H and O–H groups in total. The van der Waals surface area contributed by atoms with Crippen LogP contribution in [0.5, 0.6) is 0 Å². The molecule has 92 valence electrons. The van der Waals surface area contributed by atoms with Gasteiger partial charge in [-0.15, -0.1) is 0 Å². The average molecular weight is 234 g/mol. The van der Waals surface area contributed by atoms with Gasteiger partial charge in [0.1, 0.15) is 0 Å². The van der Waals surface area contributed by atoms with Crippen LogP contribution < -0.4 is 10.2 Å². The highest BCUT2D eigenvalue weighted by Gasteiger charge is 2.34. The van der Waals surface area contributed by atoms with Crippen LogP contribution in [-0.4, -0.2) is 34.3 Å². The van der Waals surface area contributed by atoms with Crippen LogP contribution in [0.25, 0.3) is 0 Å². The molecule has 1 aromatic heterocycles. The second-order valence-electron chi connectivity index (χ2n) is 4.97. The molecule has 5 nitrogen and oxygen atoms in total. The fraction of sp³-hybridized carbons (Fsp3) is 0.667. The third-order valence-corrected chi connectivity index (χ3v) is 3.43. The lowest BCUT2D eigenvalue weighted by atomic mass is 10.0. The van der Waals surface area contributed by atoms with Crippen molar-refractivity contribution in [2.24, 2.45) is 7.05 Å². The SMILES string of the molecule is Cn1ccc(N2CCCC(NC3CC3)C2=O)n1. The maximum absolute atomic E-state index is 12.3. The van der Waals surface area contributed by atoms with Crippen LogP contribution in [0.4, 0.5) is 5.82 Å². The van der Waals surface area contributed by atoms with Gasteiger partial charge in [0.15, 0.2) is 5.82 Å². The molecule has 1 aromatic rings. The first kappa shape index (κ1) is 10.8. The van der Waals surface area contributed by atoms with Crippen molar-refractivity contribution in [2.45, 2.75) is 37.8 Å². The van der Waals surface area contributed by atoms with Crippen LogP contribution in [0.15, 0.2) is 12.3 Å². The Kier molecular flexibility index (Phi) is 2.63. The van der Waals surface area contributed by atoms with E-state index in [4.69, 9.17) is 0 Å². The largest absolute Gasteiger partial charge is 0.303 e. The van der Waals surface area contributed by atoms with E-state index in [0.717, 1.165) is 25.2 Å². The molecule has 0 aromatic carbocycles. The lowest BCUT2D eigenvalue weighted by Gasteiger charge is -2.31. The molecule has 1 aliphatic heterocycles. The van der Waals surface area contributed by atoms with E-state index in [2.05, 4.69) is 10.4 Å². The minimum absolute atomic E-state index is 0.00161. The van der Waals surface area contributed by atoms with Gasteiger partial charge in [-0.1, -0.05) is 0 Å². The summed E-state index contributed by atoms with van der Waals surface area (Å²) >= 11 is 0. The molecule has 3 rings (SSSR count). The van der Waals surface area contributed by atoms with Crippen molar-refractivity contribution in [3.8, 4) is 0 Å². The lowest BCUT2D eigenvalue weighted by molar-refractivity contribution is -0.121. The summed E-state index contributed by atoms with van der Waals surface area (Å²) in [7, 11) is 1.87. The summed E-state index contributed by atoms with van der Waals surface area (Å²) in [4.78, 5) is 14.1. The van der Waals surface area contributed by atoms with Crippen LogP contribution in [0.1, 0.15) is 25.7 Å². The smallest absolute Gasteiger partial charge is 0.245 e. The zero-order valence-electron chi connectivity index (χ0n) is 10.1. The summed E-state index contributed by atoms with van der Waals surface area (Å²) in [5.41, 5.74) is 0. The number of aromatic nitrogens is 2. The van der Waals surface area contributed by atoms with E-state index in [-0.39, 0.29) is 11.9 Å². The van der Waals surface area contributed by atoms with Crippen molar-refractivity contribution in [1.29, 1.82) is 0 Å². The summed E-state index contributed by atoms with van der Waals surface area (Å²) < 4.78 is 1.74. The molecule has 17 heavy (non-hydrogen) atoms. The third kappa shape index (κ3) is 2.20. The van der Waals surface area contributed by atoms with Gasteiger partial charge in [-0.2, -0.15) is 5.10 Å². The van der Waals surface area contributed by atoms with E-state index in [1.165, 1.54) is 12.8 Å². The first-order chi connectivity index (χ1) is 8.24. The monoisotopic (exact) mass is 234 g/mol. The Bertz CT molecular complexity index is 424. The summed E-state index contributed by atoms with van der Waals surface area (Å²) in [5.74, 6) is 0.960. The maximum Gasteiger partial charge on any atom is 0.245 e. The van der Waals surface area contributed by atoms with Crippen LogP contribution in [0.2, 0.25) is 0 Å². The Hall–Kier alpha value is -1.36. The first-order valence-electron chi connectivity index (χ1n) is 6.31. The van der Waals surface area contributed by atoms with Crippen molar-refractivity contribution in [3.05, 3.63) is 12.3 Å². The number of hydrogen-bond acceptors (Lipinski definition) is 3. The second kappa shape index (κ2) is 4.14. The standard InChI is InChI=1S/C12H18N4O/c1-15-8-6-11(14-15)16-7-2-3-10(12(16)17)13-9-4-5-9/h6,8-10,13H,2-5,7H2,1H3. The van der Waals surface area contributed by atoms with E-state index in [1.807, 2.05) is 24.2 Å². The quantitative estimate of drug-likeness (QED) is 0.836. The lowest BCUT2D eigenvalue weighted by Crippen LogP contribution is -2.51. The molecule has 1 saturated carbocycles. The predicted octanol–water partition coefficient (Wildman–Crippen LogP) is 0.667.